The average molecular weight is 404 g/mol. The van der Waals surface area contributed by atoms with Crippen molar-refractivity contribution in [1.29, 1.82) is 0 Å². The molecule has 2 aromatic rings. The normalized spacial score (nSPS) is 11.4. The molecule has 1 atom stereocenters. The van der Waals surface area contributed by atoms with E-state index < -0.39 is 30.6 Å². The second-order valence-corrected chi connectivity index (χ2v) is 6.70. The third-order valence-electron chi connectivity index (χ3n) is 4.12. The number of carbonyl (C=O) groups excluding carboxylic acids is 3. The number of carbonyl (C=O) groups is 3. The van der Waals surface area contributed by atoms with E-state index in [0.717, 1.165) is 11.1 Å². The highest BCUT2D eigenvalue weighted by Gasteiger charge is 2.21. The molecule has 7 nitrogen and oxygen atoms in total. The maximum Gasteiger partial charge on any atom is 0.312 e. The molecule has 0 aromatic heterocycles. The average Bonchev–Trinajstić information content (AvgIpc) is 2.62. The van der Waals surface area contributed by atoms with Gasteiger partial charge in [0.1, 0.15) is 0 Å². The molecule has 0 heterocycles. The zero-order chi connectivity index (χ0) is 20.7. The summed E-state index contributed by atoms with van der Waals surface area (Å²) in [6.45, 7) is 3.46. The van der Waals surface area contributed by atoms with Gasteiger partial charge in [0.25, 0.3) is 5.91 Å². The summed E-state index contributed by atoms with van der Waals surface area (Å²) in [7, 11) is 0. The third-order valence-corrected chi connectivity index (χ3v) is 4.47. The number of aryl methyl sites for hydroxylation is 2. The van der Waals surface area contributed by atoms with Crippen molar-refractivity contribution in [3.05, 3.63) is 64.2 Å². The van der Waals surface area contributed by atoms with Crippen LogP contribution in [0.1, 0.15) is 29.2 Å². The zero-order valence-electron chi connectivity index (χ0n) is 15.6. The largest absolute Gasteiger partial charge is 0.455 e. The van der Waals surface area contributed by atoms with E-state index in [2.05, 4.69) is 10.6 Å². The Morgan fingerprint density at radius 2 is 1.82 bits per heavy atom. The van der Waals surface area contributed by atoms with Crippen LogP contribution in [0, 0.1) is 13.8 Å². The summed E-state index contributed by atoms with van der Waals surface area (Å²) in [6, 6.07) is 10.7. The maximum atomic E-state index is 12.1. The Balaban J connectivity index is 1.93. The maximum absolute atomic E-state index is 12.1. The molecule has 2 aromatic carbocycles. The van der Waals surface area contributed by atoms with Gasteiger partial charge in [-0.3, -0.25) is 9.59 Å². The molecule has 28 heavy (non-hydrogen) atoms. The molecular formula is C20H22ClN3O4. The minimum atomic E-state index is -0.801. The lowest BCUT2D eigenvalue weighted by atomic mass is 10.0. The van der Waals surface area contributed by atoms with Crippen LogP contribution in [0.4, 0.5) is 10.5 Å². The van der Waals surface area contributed by atoms with Crippen LogP contribution in [-0.4, -0.2) is 24.5 Å². The summed E-state index contributed by atoms with van der Waals surface area (Å²) in [5, 5.41) is 5.50. The lowest BCUT2D eigenvalue weighted by Crippen LogP contribution is -2.35. The molecule has 0 spiro atoms. The summed E-state index contributed by atoms with van der Waals surface area (Å²) in [4.78, 5) is 35.4. The van der Waals surface area contributed by atoms with Crippen LogP contribution < -0.4 is 16.4 Å². The highest BCUT2D eigenvalue weighted by Crippen LogP contribution is 2.25. The number of urea groups is 1. The molecule has 1 unspecified atom stereocenters. The topological polar surface area (TPSA) is 111 Å². The Labute approximate surface area is 168 Å². The molecule has 148 valence electrons. The first-order valence-electron chi connectivity index (χ1n) is 8.59. The predicted molar refractivity (Wildman–Crippen MR) is 107 cm³/mol. The van der Waals surface area contributed by atoms with E-state index >= 15 is 0 Å². The van der Waals surface area contributed by atoms with Crippen molar-refractivity contribution in [2.24, 2.45) is 5.73 Å². The van der Waals surface area contributed by atoms with E-state index in [4.69, 9.17) is 22.1 Å². The van der Waals surface area contributed by atoms with Crippen LogP contribution in [0.25, 0.3) is 0 Å². The van der Waals surface area contributed by atoms with Gasteiger partial charge in [-0.2, -0.15) is 0 Å². The van der Waals surface area contributed by atoms with Crippen molar-refractivity contribution in [2.75, 3.05) is 11.9 Å². The lowest BCUT2D eigenvalue weighted by Gasteiger charge is -2.18. The first-order valence-corrected chi connectivity index (χ1v) is 8.97. The molecule has 3 amide bonds. The molecule has 0 fully saturated rings. The summed E-state index contributed by atoms with van der Waals surface area (Å²) < 4.78 is 5.02. The molecule has 0 radical (unpaired) electrons. The minimum Gasteiger partial charge on any atom is -0.455 e. The van der Waals surface area contributed by atoms with Gasteiger partial charge in [0.2, 0.25) is 0 Å². The fraction of sp³-hybridized carbons (Fsp3) is 0.250. The summed E-state index contributed by atoms with van der Waals surface area (Å²) in [6.07, 6.45) is -0.219. The number of esters is 1. The quantitative estimate of drug-likeness (QED) is 0.616. The number of benzene rings is 2. The van der Waals surface area contributed by atoms with Crippen LogP contribution in [0.15, 0.2) is 42.5 Å². The van der Waals surface area contributed by atoms with Crippen molar-refractivity contribution in [1.82, 2.24) is 5.32 Å². The smallest absolute Gasteiger partial charge is 0.312 e. The summed E-state index contributed by atoms with van der Waals surface area (Å²) in [5.41, 5.74) is 8.47. The fourth-order valence-electron chi connectivity index (χ4n) is 2.56. The lowest BCUT2D eigenvalue weighted by molar-refractivity contribution is -0.147. The Hall–Kier alpha value is -3.06. The van der Waals surface area contributed by atoms with Gasteiger partial charge in [-0.25, -0.2) is 4.79 Å². The number of hydrogen-bond donors (Lipinski definition) is 3. The van der Waals surface area contributed by atoms with Crippen molar-refractivity contribution < 1.29 is 19.1 Å². The molecule has 8 heteroatoms. The highest BCUT2D eigenvalue weighted by molar-refractivity contribution is 6.31. The molecular weight excluding hydrogens is 382 g/mol. The second-order valence-electron chi connectivity index (χ2n) is 6.29. The summed E-state index contributed by atoms with van der Waals surface area (Å²) in [5.74, 6) is -1.14. The van der Waals surface area contributed by atoms with Crippen molar-refractivity contribution in [3.8, 4) is 0 Å². The minimum absolute atomic E-state index is 0.219. The first kappa shape index (κ1) is 21.2. The van der Waals surface area contributed by atoms with Crippen LogP contribution in [0.2, 0.25) is 5.02 Å². The van der Waals surface area contributed by atoms with Gasteiger partial charge >= 0.3 is 12.0 Å². The summed E-state index contributed by atoms with van der Waals surface area (Å²) >= 11 is 6.12. The van der Waals surface area contributed by atoms with Crippen LogP contribution in [-0.2, 0) is 14.3 Å². The number of anilines is 1. The van der Waals surface area contributed by atoms with E-state index in [1.807, 2.05) is 26.0 Å². The van der Waals surface area contributed by atoms with Crippen molar-refractivity contribution in [2.45, 2.75) is 26.3 Å². The van der Waals surface area contributed by atoms with Gasteiger partial charge in [0, 0.05) is 10.7 Å². The molecule has 4 N–H and O–H groups in total. The fourth-order valence-corrected chi connectivity index (χ4v) is 2.82. The highest BCUT2D eigenvalue weighted by atomic mass is 35.5. The molecule has 0 aliphatic carbocycles. The van der Waals surface area contributed by atoms with Crippen LogP contribution in [0.3, 0.4) is 0 Å². The van der Waals surface area contributed by atoms with E-state index in [9.17, 15) is 14.4 Å². The number of primary amides is 1. The number of amides is 3. The number of nitrogens with one attached hydrogen (secondary N) is 2. The van der Waals surface area contributed by atoms with Crippen LogP contribution in [0.5, 0.6) is 0 Å². The van der Waals surface area contributed by atoms with Gasteiger partial charge in [0.05, 0.1) is 12.5 Å². The molecule has 0 saturated carbocycles. The number of hydrogen-bond acceptors (Lipinski definition) is 4. The first-order chi connectivity index (χ1) is 13.3. The van der Waals surface area contributed by atoms with Gasteiger partial charge in [-0.05, 0) is 48.7 Å². The van der Waals surface area contributed by atoms with Gasteiger partial charge < -0.3 is 21.1 Å². The Morgan fingerprint density at radius 1 is 1.11 bits per heavy atom. The number of nitrogens with two attached hydrogens (primary N) is 1. The molecule has 0 aliphatic heterocycles. The second kappa shape index (κ2) is 9.75. The number of ether oxygens (including phenoxy) is 1. The van der Waals surface area contributed by atoms with E-state index in [1.165, 1.54) is 0 Å². The van der Waals surface area contributed by atoms with Crippen molar-refractivity contribution >= 4 is 35.2 Å². The number of rotatable bonds is 7. The number of halogens is 1. The monoisotopic (exact) mass is 403 g/mol. The SMILES string of the molecule is Cc1ccc(NC(=O)COC(=O)CC(NC(N)=O)c2ccccc2Cl)cc1C. The predicted octanol–water partition coefficient (Wildman–Crippen LogP) is 3.24. The molecule has 0 saturated heterocycles. The standard InChI is InChI=1S/C20H22ClN3O4/c1-12-7-8-14(9-13(12)2)23-18(25)11-28-19(26)10-17(24-20(22)27)15-5-3-4-6-16(15)21/h3-9,17H,10-11H2,1-2H3,(H,23,25)(H3,22,24,27). The molecule has 2 rings (SSSR count). The van der Waals surface area contributed by atoms with Gasteiger partial charge in [0.15, 0.2) is 6.61 Å². The molecule has 0 bridgehead atoms. The van der Waals surface area contributed by atoms with Crippen LogP contribution >= 0.6 is 11.6 Å². The van der Waals surface area contributed by atoms with Gasteiger partial charge in [-0.1, -0.05) is 35.9 Å². The molecule has 0 aliphatic rings. The van der Waals surface area contributed by atoms with Gasteiger partial charge in [-0.15, -0.1) is 0 Å². The van der Waals surface area contributed by atoms with Crippen molar-refractivity contribution in [3.63, 3.8) is 0 Å². The zero-order valence-corrected chi connectivity index (χ0v) is 16.4. The third kappa shape index (κ3) is 6.28. The Bertz CT molecular complexity index is 886. The van der Waals surface area contributed by atoms with E-state index in [-0.39, 0.29) is 6.42 Å². The Kier molecular flexibility index (Phi) is 7.40. The van der Waals surface area contributed by atoms with E-state index in [0.29, 0.717) is 16.3 Å². The Morgan fingerprint density at radius 3 is 2.46 bits per heavy atom. The van der Waals surface area contributed by atoms with E-state index in [1.54, 1.807) is 30.3 Å².